The van der Waals surface area contributed by atoms with Crippen LogP contribution in [0.2, 0.25) is 0 Å². The zero-order valence-corrected chi connectivity index (χ0v) is 11.7. The van der Waals surface area contributed by atoms with Crippen molar-refractivity contribution in [2.24, 2.45) is 5.41 Å². The summed E-state index contributed by atoms with van der Waals surface area (Å²) >= 11 is 0. The molecule has 0 aliphatic carbocycles. The van der Waals surface area contributed by atoms with Gasteiger partial charge in [0.2, 0.25) is 0 Å². The first-order valence-corrected chi connectivity index (χ1v) is 6.39. The van der Waals surface area contributed by atoms with Crippen molar-refractivity contribution in [2.45, 2.75) is 50.1 Å². The summed E-state index contributed by atoms with van der Waals surface area (Å²) in [5.74, 6) is 8.90. The van der Waals surface area contributed by atoms with Gasteiger partial charge in [-0.15, -0.1) is 49.4 Å². The molecule has 0 radical (unpaired) electrons. The SMILES string of the molecule is C#CCC(O)C(C(O)CC#C)(C(O)CC#C)C(O)CC#C. The summed E-state index contributed by atoms with van der Waals surface area (Å²) < 4.78 is 0. The van der Waals surface area contributed by atoms with Crippen molar-refractivity contribution in [1.82, 2.24) is 0 Å². The molecule has 0 aromatic carbocycles. The molecule has 0 aliphatic rings. The Hall–Kier alpha value is -1.92. The third kappa shape index (κ3) is 4.03. The Kier molecular flexibility index (Phi) is 8.26. The first-order valence-electron chi connectivity index (χ1n) is 6.39. The van der Waals surface area contributed by atoms with Crippen molar-refractivity contribution in [1.29, 1.82) is 0 Å². The first-order chi connectivity index (χ1) is 9.93. The summed E-state index contributed by atoms with van der Waals surface area (Å²) in [6.07, 6.45) is 14.2. The van der Waals surface area contributed by atoms with Crippen LogP contribution >= 0.6 is 0 Å². The predicted molar refractivity (Wildman–Crippen MR) is 80.3 cm³/mol. The summed E-state index contributed by atoms with van der Waals surface area (Å²) in [4.78, 5) is 0. The molecule has 0 saturated carbocycles. The second-order valence-electron chi connectivity index (χ2n) is 4.70. The van der Waals surface area contributed by atoms with E-state index in [2.05, 4.69) is 23.7 Å². The molecule has 0 bridgehead atoms. The smallest absolute Gasteiger partial charge is 0.0781 e. The van der Waals surface area contributed by atoms with Gasteiger partial charge in [0.25, 0.3) is 0 Å². The van der Waals surface area contributed by atoms with Gasteiger partial charge in [-0.3, -0.25) is 0 Å². The molecule has 0 rings (SSSR count). The van der Waals surface area contributed by atoms with E-state index in [1.54, 1.807) is 0 Å². The van der Waals surface area contributed by atoms with Gasteiger partial charge in [0.1, 0.15) is 0 Å². The lowest BCUT2D eigenvalue weighted by Gasteiger charge is -2.46. The van der Waals surface area contributed by atoms with Crippen LogP contribution in [0.3, 0.4) is 0 Å². The number of rotatable bonds is 8. The number of hydrogen-bond donors (Lipinski definition) is 4. The molecule has 4 heteroatoms. The van der Waals surface area contributed by atoms with E-state index in [0.717, 1.165) is 0 Å². The lowest BCUT2D eigenvalue weighted by atomic mass is 9.64. The number of hydrogen-bond acceptors (Lipinski definition) is 4. The Labute approximate surface area is 126 Å². The van der Waals surface area contributed by atoms with Crippen LogP contribution in [-0.4, -0.2) is 44.8 Å². The van der Waals surface area contributed by atoms with Gasteiger partial charge in [0.05, 0.1) is 29.8 Å². The second-order valence-corrected chi connectivity index (χ2v) is 4.70. The maximum Gasteiger partial charge on any atom is 0.0781 e. The van der Waals surface area contributed by atoms with E-state index in [9.17, 15) is 20.4 Å². The van der Waals surface area contributed by atoms with E-state index in [1.165, 1.54) is 0 Å². The molecule has 0 fully saturated rings. The van der Waals surface area contributed by atoms with Gasteiger partial charge in [-0.1, -0.05) is 0 Å². The zero-order valence-electron chi connectivity index (χ0n) is 11.7. The highest BCUT2D eigenvalue weighted by Crippen LogP contribution is 2.40. The minimum atomic E-state index is -1.81. The maximum atomic E-state index is 10.3. The van der Waals surface area contributed by atoms with Crippen molar-refractivity contribution in [3.63, 3.8) is 0 Å². The summed E-state index contributed by atoms with van der Waals surface area (Å²) in [5, 5.41) is 41.3. The Bertz CT molecular complexity index is 389. The van der Waals surface area contributed by atoms with Crippen molar-refractivity contribution in [3.8, 4) is 49.4 Å². The summed E-state index contributed by atoms with van der Waals surface area (Å²) in [6, 6.07) is 0. The van der Waals surface area contributed by atoms with Gasteiger partial charge in [0.15, 0.2) is 0 Å². The Morgan fingerprint density at radius 1 is 0.571 bits per heavy atom. The monoisotopic (exact) mass is 288 g/mol. The minimum Gasteiger partial charge on any atom is -0.391 e. The second kappa shape index (κ2) is 9.10. The van der Waals surface area contributed by atoms with Crippen molar-refractivity contribution < 1.29 is 20.4 Å². The number of aliphatic hydroxyl groups excluding tert-OH is 4. The van der Waals surface area contributed by atoms with E-state index in [1.807, 2.05) is 0 Å². The lowest BCUT2D eigenvalue weighted by Crippen LogP contribution is -2.60. The molecule has 21 heavy (non-hydrogen) atoms. The topological polar surface area (TPSA) is 80.9 Å². The maximum absolute atomic E-state index is 10.3. The van der Waals surface area contributed by atoms with E-state index in [0.29, 0.717) is 0 Å². The molecule has 0 aromatic rings. The molecule has 0 saturated heterocycles. The van der Waals surface area contributed by atoms with Crippen LogP contribution in [0.5, 0.6) is 0 Å². The normalized spacial score (nSPS) is 18.7. The van der Waals surface area contributed by atoms with Gasteiger partial charge < -0.3 is 20.4 Å². The summed E-state index contributed by atoms with van der Waals surface area (Å²) in [5.41, 5.74) is -1.81. The number of terminal acetylenes is 4. The Morgan fingerprint density at radius 3 is 0.905 bits per heavy atom. The molecule has 0 amide bonds. The van der Waals surface area contributed by atoms with E-state index in [-0.39, 0.29) is 25.7 Å². The fourth-order valence-corrected chi connectivity index (χ4v) is 2.49. The average molecular weight is 288 g/mol. The fraction of sp³-hybridized carbons (Fsp3) is 0.529. The van der Waals surface area contributed by atoms with Crippen LogP contribution in [0.25, 0.3) is 0 Å². The van der Waals surface area contributed by atoms with Crippen LogP contribution in [-0.2, 0) is 0 Å². The first kappa shape index (κ1) is 19.1. The molecule has 0 spiro atoms. The standard InChI is InChI=1S/C17H20O4/c1-5-9-13(18)17(14(19)10-6-2,15(20)11-7-3)16(21)12-8-4/h1-4,13-16,18-21H,9-12H2. The van der Waals surface area contributed by atoms with E-state index >= 15 is 0 Å². The summed E-state index contributed by atoms with van der Waals surface area (Å²) in [7, 11) is 0. The van der Waals surface area contributed by atoms with Crippen LogP contribution < -0.4 is 0 Å². The third-order valence-electron chi connectivity index (χ3n) is 3.55. The largest absolute Gasteiger partial charge is 0.391 e. The molecule has 4 N–H and O–H groups in total. The van der Waals surface area contributed by atoms with Crippen LogP contribution in [0.1, 0.15) is 25.7 Å². The number of aliphatic hydroxyl groups is 4. The van der Waals surface area contributed by atoms with Gasteiger partial charge in [-0.25, -0.2) is 0 Å². The average Bonchev–Trinajstić information content (AvgIpc) is 2.40. The fourth-order valence-electron chi connectivity index (χ4n) is 2.49. The molecule has 112 valence electrons. The van der Waals surface area contributed by atoms with Crippen molar-refractivity contribution in [2.75, 3.05) is 0 Å². The molecule has 4 nitrogen and oxygen atoms in total. The van der Waals surface area contributed by atoms with Gasteiger partial charge in [-0.2, -0.15) is 0 Å². The van der Waals surface area contributed by atoms with Gasteiger partial charge >= 0.3 is 0 Å². The van der Waals surface area contributed by atoms with E-state index < -0.39 is 29.8 Å². The highest BCUT2D eigenvalue weighted by molar-refractivity contribution is 5.12. The van der Waals surface area contributed by atoms with Crippen LogP contribution in [0.15, 0.2) is 0 Å². The predicted octanol–water partition coefficient (Wildman–Crippen LogP) is -0.490. The molecule has 0 aromatic heterocycles. The molecule has 4 unspecified atom stereocenters. The summed E-state index contributed by atoms with van der Waals surface area (Å²) in [6.45, 7) is 0. The lowest BCUT2D eigenvalue weighted by molar-refractivity contribution is -0.188. The zero-order chi connectivity index (χ0) is 16.5. The van der Waals surface area contributed by atoms with Crippen molar-refractivity contribution in [3.05, 3.63) is 0 Å². The van der Waals surface area contributed by atoms with Crippen molar-refractivity contribution >= 4 is 0 Å². The quantitative estimate of drug-likeness (QED) is 0.454. The molecule has 0 aliphatic heterocycles. The molecular formula is C17H20O4. The highest BCUT2D eigenvalue weighted by Gasteiger charge is 2.54. The van der Waals surface area contributed by atoms with Gasteiger partial charge in [-0.05, 0) is 0 Å². The Morgan fingerprint density at radius 2 is 0.762 bits per heavy atom. The molecule has 4 atom stereocenters. The van der Waals surface area contributed by atoms with Crippen LogP contribution in [0.4, 0.5) is 0 Å². The molecular weight excluding hydrogens is 268 g/mol. The van der Waals surface area contributed by atoms with Crippen LogP contribution in [0, 0.1) is 54.8 Å². The van der Waals surface area contributed by atoms with E-state index in [4.69, 9.17) is 25.7 Å². The Balaban J connectivity index is 5.96. The van der Waals surface area contributed by atoms with Gasteiger partial charge in [0, 0.05) is 25.7 Å². The highest BCUT2D eigenvalue weighted by atomic mass is 16.3. The molecule has 0 heterocycles. The minimum absolute atomic E-state index is 0.203. The third-order valence-corrected chi connectivity index (χ3v) is 3.55.